The van der Waals surface area contributed by atoms with Gasteiger partial charge in [-0.2, -0.15) is 0 Å². The van der Waals surface area contributed by atoms with E-state index in [4.69, 9.17) is 4.42 Å². The van der Waals surface area contributed by atoms with Gasteiger partial charge in [-0.15, -0.1) is 0 Å². The Bertz CT molecular complexity index is 1020. The average molecular weight is 369 g/mol. The molecule has 1 N–H and O–H groups in total. The summed E-state index contributed by atoms with van der Waals surface area (Å²) < 4.78 is 18.7. The van der Waals surface area contributed by atoms with E-state index in [9.17, 15) is 14.0 Å². The lowest BCUT2D eigenvalue weighted by atomic mass is 10.1. The van der Waals surface area contributed by atoms with Crippen molar-refractivity contribution in [1.82, 2.24) is 9.88 Å². The highest BCUT2D eigenvalue weighted by molar-refractivity contribution is 5.78. The second-order valence-electron chi connectivity index (χ2n) is 6.65. The number of amides is 1. The molecule has 0 aliphatic carbocycles. The number of oxazole rings is 1. The molecule has 7 heteroatoms. The second-order valence-corrected chi connectivity index (χ2v) is 6.65. The van der Waals surface area contributed by atoms with Gasteiger partial charge in [0.05, 0.1) is 5.52 Å². The number of benzene rings is 2. The van der Waals surface area contributed by atoms with Gasteiger partial charge >= 0.3 is 5.76 Å². The molecule has 1 amide bonds. The van der Waals surface area contributed by atoms with Crippen LogP contribution in [0.25, 0.3) is 11.1 Å². The summed E-state index contributed by atoms with van der Waals surface area (Å²) >= 11 is 0. The summed E-state index contributed by atoms with van der Waals surface area (Å²) in [7, 11) is 0. The normalized spacial score (nSPS) is 14.7. The van der Waals surface area contributed by atoms with E-state index in [2.05, 4.69) is 9.88 Å². The first kappa shape index (κ1) is 17.3. The van der Waals surface area contributed by atoms with Crippen molar-refractivity contribution in [1.29, 1.82) is 0 Å². The molecule has 2 aromatic carbocycles. The summed E-state index contributed by atoms with van der Waals surface area (Å²) in [5.74, 6) is -0.678. The zero-order chi connectivity index (χ0) is 18.8. The number of anilines is 1. The molecule has 1 aliphatic heterocycles. The zero-order valence-electron chi connectivity index (χ0n) is 14.8. The molecule has 0 radical (unpaired) electrons. The molecule has 1 aromatic heterocycles. The number of halogens is 1. The minimum Gasteiger partial charge on any atom is -0.408 e. The molecule has 140 valence electrons. The highest BCUT2D eigenvalue weighted by Crippen LogP contribution is 2.21. The summed E-state index contributed by atoms with van der Waals surface area (Å²) in [5, 5.41) is 0. The molecule has 0 unspecified atom stereocenters. The summed E-state index contributed by atoms with van der Waals surface area (Å²) in [6.07, 6.45) is 0.722. The molecule has 1 aliphatic rings. The fourth-order valence-corrected chi connectivity index (χ4v) is 3.45. The van der Waals surface area contributed by atoms with Crippen LogP contribution in [0.5, 0.6) is 0 Å². The van der Waals surface area contributed by atoms with Gasteiger partial charge in [-0.3, -0.25) is 9.78 Å². The van der Waals surface area contributed by atoms with E-state index in [0.717, 1.165) is 5.69 Å². The van der Waals surface area contributed by atoms with Crippen molar-refractivity contribution < 1.29 is 13.6 Å². The number of carbonyl (C=O) groups excluding carboxylic acids is 1. The van der Waals surface area contributed by atoms with E-state index in [1.807, 2.05) is 17.0 Å². The molecule has 3 aromatic rings. The summed E-state index contributed by atoms with van der Waals surface area (Å²) in [6, 6.07) is 12.1. The molecule has 0 saturated carbocycles. The predicted octanol–water partition coefficient (Wildman–Crippen LogP) is 2.54. The third kappa shape index (κ3) is 3.72. The van der Waals surface area contributed by atoms with Gasteiger partial charge in [0, 0.05) is 38.3 Å². The van der Waals surface area contributed by atoms with Gasteiger partial charge in [-0.25, -0.2) is 9.18 Å². The maximum atomic E-state index is 13.7. The molecule has 0 atom stereocenters. The highest BCUT2D eigenvalue weighted by Gasteiger charge is 2.21. The Kier molecular flexibility index (Phi) is 4.66. The Labute approximate surface area is 155 Å². The van der Waals surface area contributed by atoms with Crippen LogP contribution in [-0.2, 0) is 11.2 Å². The van der Waals surface area contributed by atoms with Crippen molar-refractivity contribution in [2.24, 2.45) is 0 Å². The van der Waals surface area contributed by atoms with Crippen LogP contribution in [0.15, 0.2) is 51.7 Å². The van der Waals surface area contributed by atoms with E-state index in [1.54, 1.807) is 24.3 Å². The maximum absolute atomic E-state index is 13.7. The van der Waals surface area contributed by atoms with Crippen LogP contribution in [0.4, 0.5) is 10.1 Å². The van der Waals surface area contributed by atoms with Crippen molar-refractivity contribution >= 4 is 22.7 Å². The van der Waals surface area contributed by atoms with Gasteiger partial charge in [0.15, 0.2) is 5.58 Å². The van der Waals surface area contributed by atoms with Gasteiger partial charge < -0.3 is 14.2 Å². The molecule has 4 rings (SSSR count). The van der Waals surface area contributed by atoms with E-state index in [1.165, 1.54) is 6.07 Å². The monoisotopic (exact) mass is 369 g/mol. The number of nitrogens with zero attached hydrogens (tertiary/aromatic N) is 2. The molecule has 27 heavy (non-hydrogen) atoms. The van der Waals surface area contributed by atoms with Crippen molar-refractivity contribution in [3.05, 3.63) is 64.4 Å². The quantitative estimate of drug-likeness (QED) is 0.767. The number of carbonyl (C=O) groups is 1. The number of nitrogens with one attached hydrogen (secondary N) is 1. The van der Waals surface area contributed by atoms with E-state index in [0.29, 0.717) is 55.7 Å². The van der Waals surface area contributed by atoms with Crippen molar-refractivity contribution in [2.75, 3.05) is 31.1 Å². The second kappa shape index (κ2) is 7.26. The molecule has 2 heterocycles. The fourth-order valence-electron chi connectivity index (χ4n) is 3.45. The van der Waals surface area contributed by atoms with Gasteiger partial charge in [0.25, 0.3) is 0 Å². The largest absolute Gasteiger partial charge is 0.417 e. The SMILES string of the molecule is O=C(CCc1ccccc1F)N1CCN(c2ccc3oc(=O)[nH]c3c2)CC1. The Hall–Kier alpha value is -3.09. The number of rotatable bonds is 4. The van der Waals surface area contributed by atoms with Crippen molar-refractivity contribution in [2.45, 2.75) is 12.8 Å². The molecule has 1 fully saturated rings. The van der Waals surface area contributed by atoms with Crippen LogP contribution < -0.4 is 10.7 Å². The topological polar surface area (TPSA) is 69.6 Å². The lowest BCUT2D eigenvalue weighted by Crippen LogP contribution is -2.48. The number of hydrogen-bond donors (Lipinski definition) is 1. The summed E-state index contributed by atoms with van der Waals surface area (Å²) in [6.45, 7) is 2.66. The van der Waals surface area contributed by atoms with Crippen LogP contribution in [0.3, 0.4) is 0 Å². The summed E-state index contributed by atoms with van der Waals surface area (Å²) in [4.78, 5) is 30.4. The number of aryl methyl sites for hydroxylation is 1. The van der Waals surface area contributed by atoms with Crippen LogP contribution >= 0.6 is 0 Å². The Morgan fingerprint density at radius 1 is 1.11 bits per heavy atom. The molecular formula is C20H20FN3O3. The molecule has 0 bridgehead atoms. The van der Waals surface area contributed by atoms with Crippen LogP contribution in [0.2, 0.25) is 0 Å². The Morgan fingerprint density at radius 2 is 1.89 bits per heavy atom. The van der Waals surface area contributed by atoms with Crippen LogP contribution in [0.1, 0.15) is 12.0 Å². The fraction of sp³-hybridized carbons (Fsp3) is 0.300. The van der Waals surface area contributed by atoms with Gasteiger partial charge in [-0.1, -0.05) is 18.2 Å². The third-order valence-corrected chi connectivity index (χ3v) is 4.97. The van der Waals surface area contributed by atoms with Crippen molar-refractivity contribution in [3.63, 3.8) is 0 Å². The number of piperazine rings is 1. The number of fused-ring (bicyclic) bond motifs is 1. The Balaban J connectivity index is 1.34. The molecule has 6 nitrogen and oxygen atoms in total. The van der Waals surface area contributed by atoms with Crippen LogP contribution in [0, 0.1) is 5.82 Å². The maximum Gasteiger partial charge on any atom is 0.417 e. The molecule has 1 saturated heterocycles. The minimum atomic E-state index is -0.465. The number of hydrogen-bond acceptors (Lipinski definition) is 4. The van der Waals surface area contributed by atoms with Gasteiger partial charge in [-0.05, 0) is 36.2 Å². The lowest BCUT2D eigenvalue weighted by Gasteiger charge is -2.36. The third-order valence-electron chi connectivity index (χ3n) is 4.97. The first-order valence-electron chi connectivity index (χ1n) is 8.99. The van der Waals surface area contributed by atoms with E-state index in [-0.39, 0.29) is 11.7 Å². The van der Waals surface area contributed by atoms with E-state index < -0.39 is 5.76 Å². The predicted molar refractivity (Wildman–Crippen MR) is 100 cm³/mol. The number of aromatic amines is 1. The first-order valence-corrected chi connectivity index (χ1v) is 8.99. The molecule has 0 spiro atoms. The minimum absolute atomic E-state index is 0.0486. The average Bonchev–Trinajstić information content (AvgIpc) is 3.06. The first-order chi connectivity index (χ1) is 13.1. The standard InChI is InChI=1S/C20H20FN3O3/c21-16-4-2-1-3-14(16)5-8-19(25)24-11-9-23(10-12-24)15-6-7-18-17(13-15)22-20(26)27-18/h1-4,6-7,13H,5,8-12H2,(H,22,26). The van der Waals surface area contributed by atoms with Crippen LogP contribution in [-0.4, -0.2) is 42.0 Å². The summed E-state index contributed by atoms with van der Waals surface area (Å²) in [5.41, 5.74) is 2.76. The van der Waals surface area contributed by atoms with Crippen molar-refractivity contribution in [3.8, 4) is 0 Å². The number of aromatic nitrogens is 1. The Morgan fingerprint density at radius 3 is 2.67 bits per heavy atom. The van der Waals surface area contributed by atoms with Gasteiger partial charge in [0.1, 0.15) is 5.82 Å². The van der Waals surface area contributed by atoms with Gasteiger partial charge in [0.2, 0.25) is 5.91 Å². The molecular weight excluding hydrogens is 349 g/mol. The van der Waals surface area contributed by atoms with E-state index >= 15 is 0 Å². The smallest absolute Gasteiger partial charge is 0.408 e. The zero-order valence-corrected chi connectivity index (χ0v) is 14.8. The highest BCUT2D eigenvalue weighted by atomic mass is 19.1. The lowest BCUT2D eigenvalue weighted by molar-refractivity contribution is -0.131. The number of H-pyrrole nitrogens is 1.